The molecule has 0 aliphatic heterocycles. The van der Waals surface area contributed by atoms with Crippen LogP contribution in [-0.2, 0) is 10.0 Å². The first kappa shape index (κ1) is 15.5. The second-order valence-corrected chi connectivity index (χ2v) is 7.49. The highest BCUT2D eigenvalue weighted by Crippen LogP contribution is 2.31. The van der Waals surface area contributed by atoms with Gasteiger partial charge in [0.2, 0.25) is 10.0 Å². The Hall–Kier alpha value is -0.850. The molecular formula is C13H18ClFN2O2S. The fraction of sp³-hybridized carbons (Fsp3) is 0.538. The Balaban J connectivity index is 2.36. The first-order chi connectivity index (χ1) is 9.34. The van der Waals surface area contributed by atoms with Crippen molar-refractivity contribution in [3.05, 3.63) is 23.0 Å². The number of halogens is 2. The molecule has 1 fully saturated rings. The van der Waals surface area contributed by atoms with Crippen LogP contribution in [0.1, 0.15) is 32.1 Å². The zero-order valence-corrected chi connectivity index (χ0v) is 12.8. The number of sulfonamides is 1. The van der Waals surface area contributed by atoms with Gasteiger partial charge < -0.3 is 5.73 Å². The monoisotopic (exact) mass is 320 g/mol. The summed E-state index contributed by atoms with van der Waals surface area (Å²) < 4.78 is 39.8. The second kappa shape index (κ2) is 5.87. The number of hydrogen-bond donors (Lipinski definition) is 1. The molecule has 1 aliphatic rings. The summed E-state index contributed by atoms with van der Waals surface area (Å²) in [6.07, 6.45) is 4.84. The largest absolute Gasteiger partial charge is 0.396 e. The SMILES string of the molecule is CN(C1CCCCC1)S(=O)(=O)c1cc(N)c(F)cc1Cl. The summed E-state index contributed by atoms with van der Waals surface area (Å²) >= 11 is 5.87. The lowest BCUT2D eigenvalue weighted by Gasteiger charge is -2.30. The average Bonchev–Trinajstić information content (AvgIpc) is 2.42. The molecule has 0 saturated heterocycles. The van der Waals surface area contributed by atoms with Crippen LogP contribution in [0.4, 0.5) is 10.1 Å². The van der Waals surface area contributed by atoms with E-state index in [1.165, 1.54) is 4.31 Å². The highest BCUT2D eigenvalue weighted by Gasteiger charge is 2.31. The minimum Gasteiger partial charge on any atom is -0.396 e. The van der Waals surface area contributed by atoms with Crippen molar-refractivity contribution in [3.63, 3.8) is 0 Å². The minimum atomic E-state index is -3.75. The third-order valence-corrected chi connectivity index (χ3v) is 6.17. The van der Waals surface area contributed by atoms with Crippen molar-refractivity contribution in [1.82, 2.24) is 4.31 Å². The quantitative estimate of drug-likeness (QED) is 0.871. The number of nitrogen functional groups attached to an aromatic ring is 1. The lowest BCUT2D eigenvalue weighted by Crippen LogP contribution is -2.38. The number of hydrogen-bond acceptors (Lipinski definition) is 3. The zero-order valence-electron chi connectivity index (χ0n) is 11.3. The van der Waals surface area contributed by atoms with E-state index in [0.717, 1.165) is 44.2 Å². The van der Waals surface area contributed by atoms with Crippen LogP contribution >= 0.6 is 11.6 Å². The van der Waals surface area contributed by atoms with E-state index in [0.29, 0.717) is 0 Å². The molecule has 0 spiro atoms. The molecule has 0 atom stereocenters. The molecule has 1 saturated carbocycles. The van der Waals surface area contributed by atoms with Gasteiger partial charge in [0.25, 0.3) is 0 Å². The molecule has 0 radical (unpaired) electrons. The van der Waals surface area contributed by atoms with Crippen molar-refractivity contribution in [3.8, 4) is 0 Å². The van der Waals surface area contributed by atoms with E-state index in [1.54, 1.807) is 7.05 Å². The summed E-state index contributed by atoms with van der Waals surface area (Å²) in [5.41, 5.74) is 5.23. The highest BCUT2D eigenvalue weighted by atomic mass is 35.5. The maximum Gasteiger partial charge on any atom is 0.244 e. The van der Waals surface area contributed by atoms with Gasteiger partial charge in [-0.2, -0.15) is 4.31 Å². The maximum absolute atomic E-state index is 13.3. The zero-order chi connectivity index (χ0) is 14.9. The number of nitrogens with two attached hydrogens (primary N) is 1. The summed E-state index contributed by atoms with van der Waals surface area (Å²) in [4.78, 5) is -0.133. The Labute approximate surface area is 123 Å². The van der Waals surface area contributed by atoms with Crippen LogP contribution in [0.5, 0.6) is 0 Å². The summed E-state index contributed by atoms with van der Waals surface area (Å²) in [5, 5.41) is -0.139. The predicted octanol–water partition coefficient (Wildman–Crippen LogP) is 3.01. The molecule has 1 aliphatic carbocycles. The van der Waals surface area contributed by atoms with E-state index < -0.39 is 15.8 Å². The number of anilines is 1. The lowest BCUT2D eigenvalue weighted by atomic mass is 9.96. The molecule has 2 rings (SSSR count). The van der Waals surface area contributed by atoms with Gasteiger partial charge in [-0.15, -0.1) is 0 Å². The van der Waals surface area contributed by atoms with Gasteiger partial charge in [-0.25, -0.2) is 12.8 Å². The van der Waals surface area contributed by atoms with Crippen LogP contribution in [-0.4, -0.2) is 25.8 Å². The minimum absolute atomic E-state index is 0.0314. The standard InChI is InChI=1S/C13H18ClFN2O2S/c1-17(9-5-3-2-4-6-9)20(18,19)13-8-12(16)11(15)7-10(13)14/h7-9H,2-6,16H2,1H3. The van der Waals surface area contributed by atoms with Crippen molar-refractivity contribution < 1.29 is 12.8 Å². The Morgan fingerprint density at radius 3 is 2.50 bits per heavy atom. The lowest BCUT2D eigenvalue weighted by molar-refractivity contribution is 0.286. The Morgan fingerprint density at radius 2 is 1.90 bits per heavy atom. The van der Waals surface area contributed by atoms with Crippen LogP contribution in [0.2, 0.25) is 5.02 Å². The van der Waals surface area contributed by atoms with Gasteiger partial charge in [0.05, 0.1) is 10.7 Å². The third kappa shape index (κ3) is 2.92. The van der Waals surface area contributed by atoms with E-state index in [2.05, 4.69) is 0 Å². The molecule has 0 aromatic heterocycles. The number of benzene rings is 1. The molecule has 1 aromatic rings. The van der Waals surface area contributed by atoms with E-state index in [-0.39, 0.29) is 21.6 Å². The first-order valence-electron chi connectivity index (χ1n) is 6.56. The van der Waals surface area contributed by atoms with Gasteiger partial charge in [0.15, 0.2) is 0 Å². The molecule has 112 valence electrons. The van der Waals surface area contributed by atoms with Crippen LogP contribution in [0, 0.1) is 5.82 Å². The molecule has 20 heavy (non-hydrogen) atoms. The molecule has 0 unspecified atom stereocenters. The molecule has 0 bridgehead atoms. The molecule has 2 N–H and O–H groups in total. The van der Waals surface area contributed by atoms with Crippen molar-refractivity contribution in [2.75, 3.05) is 12.8 Å². The third-order valence-electron chi connectivity index (χ3n) is 3.80. The van der Waals surface area contributed by atoms with E-state index in [9.17, 15) is 12.8 Å². The van der Waals surface area contributed by atoms with Crippen molar-refractivity contribution in [2.24, 2.45) is 0 Å². The summed E-state index contributed by atoms with van der Waals surface area (Å²) in [6, 6.07) is 2.00. The fourth-order valence-corrected chi connectivity index (χ4v) is 4.48. The van der Waals surface area contributed by atoms with Gasteiger partial charge in [0, 0.05) is 13.1 Å². The van der Waals surface area contributed by atoms with Gasteiger partial charge in [-0.1, -0.05) is 30.9 Å². The van der Waals surface area contributed by atoms with Crippen LogP contribution < -0.4 is 5.73 Å². The average molecular weight is 321 g/mol. The number of rotatable bonds is 3. The fourth-order valence-electron chi connectivity index (χ4n) is 2.54. The first-order valence-corrected chi connectivity index (χ1v) is 8.38. The van der Waals surface area contributed by atoms with Crippen molar-refractivity contribution in [2.45, 2.75) is 43.0 Å². The molecule has 4 nitrogen and oxygen atoms in total. The molecule has 1 aromatic carbocycles. The summed E-state index contributed by atoms with van der Waals surface area (Å²) in [6.45, 7) is 0. The molecular weight excluding hydrogens is 303 g/mol. The molecule has 0 heterocycles. The van der Waals surface area contributed by atoms with Gasteiger partial charge in [-0.05, 0) is 25.0 Å². The van der Waals surface area contributed by atoms with Gasteiger partial charge >= 0.3 is 0 Å². The Kier molecular flexibility index (Phi) is 4.56. The molecule has 0 amide bonds. The molecule has 7 heteroatoms. The van der Waals surface area contributed by atoms with Gasteiger partial charge in [0.1, 0.15) is 10.7 Å². The predicted molar refractivity (Wildman–Crippen MR) is 77.6 cm³/mol. The van der Waals surface area contributed by atoms with Crippen LogP contribution in [0.25, 0.3) is 0 Å². The summed E-state index contributed by atoms with van der Waals surface area (Å²) in [5.74, 6) is -0.714. The Bertz CT molecular complexity index is 601. The topological polar surface area (TPSA) is 63.4 Å². The smallest absolute Gasteiger partial charge is 0.244 e. The van der Waals surface area contributed by atoms with E-state index in [4.69, 9.17) is 17.3 Å². The van der Waals surface area contributed by atoms with Gasteiger partial charge in [-0.3, -0.25) is 0 Å². The highest BCUT2D eigenvalue weighted by molar-refractivity contribution is 7.89. The van der Waals surface area contributed by atoms with E-state index in [1.807, 2.05) is 0 Å². The second-order valence-electron chi connectivity index (χ2n) is 5.12. The normalized spacial score (nSPS) is 17.6. The van der Waals surface area contributed by atoms with Crippen LogP contribution in [0.3, 0.4) is 0 Å². The number of nitrogens with zero attached hydrogens (tertiary/aromatic N) is 1. The van der Waals surface area contributed by atoms with Crippen molar-refractivity contribution >= 4 is 27.3 Å². The maximum atomic E-state index is 13.3. The van der Waals surface area contributed by atoms with E-state index >= 15 is 0 Å². The Morgan fingerprint density at radius 1 is 1.30 bits per heavy atom. The summed E-state index contributed by atoms with van der Waals surface area (Å²) in [7, 11) is -2.21. The van der Waals surface area contributed by atoms with Crippen LogP contribution in [0.15, 0.2) is 17.0 Å². The van der Waals surface area contributed by atoms with Crippen molar-refractivity contribution in [1.29, 1.82) is 0 Å².